The van der Waals surface area contributed by atoms with E-state index in [4.69, 9.17) is 0 Å². The number of aromatic nitrogens is 5. The van der Waals surface area contributed by atoms with Crippen LogP contribution in [0.5, 0.6) is 0 Å². The Morgan fingerprint density at radius 1 is 1.32 bits per heavy atom. The number of aryl methyl sites for hydroxylation is 1. The molecule has 0 saturated carbocycles. The van der Waals surface area contributed by atoms with E-state index in [9.17, 15) is 4.79 Å². The van der Waals surface area contributed by atoms with Gasteiger partial charge in [0.15, 0.2) is 0 Å². The van der Waals surface area contributed by atoms with Crippen molar-refractivity contribution >= 4 is 17.2 Å². The van der Waals surface area contributed by atoms with E-state index in [1.165, 1.54) is 11.0 Å². The standard InChI is InChI=1S/C17H20N6OS/c1-2-6-16-20-14(11-25-16)10-18-17(24)15(23-12-19-21-22-23)9-13-7-4-3-5-8-13/h3-5,7-8,11-12,15H,2,6,9-10H2,1H3,(H,18,24). The van der Waals surface area contributed by atoms with Crippen LogP contribution in [0, 0.1) is 0 Å². The maximum absolute atomic E-state index is 12.7. The van der Waals surface area contributed by atoms with E-state index in [0.29, 0.717) is 13.0 Å². The number of hydrogen-bond acceptors (Lipinski definition) is 6. The fraction of sp³-hybridized carbons (Fsp3) is 0.353. The summed E-state index contributed by atoms with van der Waals surface area (Å²) in [6.45, 7) is 2.54. The van der Waals surface area contributed by atoms with Crippen molar-refractivity contribution in [3.63, 3.8) is 0 Å². The van der Waals surface area contributed by atoms with E-state index in [1.54, 1.807) is 11.3 Å². The maximum atomic E-state index is 12.7. The first kappa shape index (κ1) is 17.2. The Bertz CT molecular complexity index is 787. The quantitative estimate of drug-likeness (QED) is 0.669. The molecule has 3 aromatic rings. The molecule has 1 unspecified atom stereocenters. The number of nitrogens with zero attached hydrogens (tertiary/aromatic N) is 5. The summed E-state index contributed by atoms with van der Waals surface area (Å²) in [5.74, 6) is -0.124. The Morgan fingerprint density at radius 2 is 2.16 bits per heavy atom. The topological polar surface area (TPSA) is 85.6 Å². The van der Waals surface area contributed by atoms with Gasteiger partial charge in [-0.15, -0.1) is 16.4 Å². The normalized spacial score (nSPS) is 12.0. The van der Waals surface area contributed by atoms with Crippen molar-refractivity contribution in [2.24, 2.45) is 0 Å². The molecule has 1 atom stereocenters. The molecule has 0 aliphatic heterocycles. The molecule has 1 aromatic carbocycles. The van der Waals surface area contributed by atoms with Crippen LogP contribution in [0.25, 0.3) is 0 Å². The highest BCUT2D eigenvalue weighted by atomic mass is 32.1. The first-order valence-electron chi connectivity index (χ1n) is 8.23. The van der Waals surface area contributed by atoms with Gasteiger partial charge in [0.2, 0.25) is 5.91 Å². The Balaban J connectivity index is 1.66. The van der Waals surface area contributed by atoms with Crippen molar-refractivity contribution in [2.45, 2.75) is 38.8 Å². The van der Waals surface area contributed by atoms with Crippen LogP contribution < -0.4 is 5.32 Å². The smallest absolute Gasteiger partial charge is 0.245 e. The number of thiazole rings is 1. The lowest BCUT2D eigenvalue weighted by Gasteiger charge is -2.16. The Kier molecular flexibility index (Phi) is 5.84. The zero-order valence-corrected chi connectivity index (χ0v) is 14.8. The summed E-state index contributed by atoms with van der Waals surface area (Å²) >= 11 is 1.63. The van der Waals surface area contributed by atoms with Crippen LogP contribution in [0.1, 0.15) is 35.7 Å². The third-order valence-electron chi connectivity index (χ3n) is 3.77. The zero-order valence-electron chi connectivity index (χ0n) is 14.0. The number of rotatable bonds is 8. The van der Waals surface area contributed by atoms with E-state index in [2.05, 4.69) is 32.7 Å². The summed E-state index contributed by atoms with van der Waals surface area (Å²) in [6, 6.07) is 9.34. The molecule has 130 valence electrons. The van der Waals surface area contributed by atoms with E-state index in [1.807, 2.05) is 35.7 Å². The van der Waals surface area contributed by atoms with Crippen LogP contribution in [0.3, 0.4) is 0 Å². The van der Waals surface area contributed by atoms with Gasteiger partial charge in [-0.1, -0.05) is 37.3 Å². The van der Waals surface area contributed by atoms with Crippen LogP contribution in [0.4, 0.5) is 0 Å². The molecule has 1 amide bonds. The molecule has 7 nitrogen and oxygen atoms in total. The number of carbonyl (C=O) groups excluding carboxylic acids is 1. The summed E-state index contributed by atoms with van der Waals surface area (Å²) < 4.78 is 1.49. The fourth-order valence-electron chi connectivity index (χ4n) is 2.51. The molecule has 0 radical (unpaired) electrons. The van der Waals surface area contributed by atoms with Crippen LogP contribution in [0.2, 0.25) is 0 Å². The number of nitrogens with one attached hydrogen (secondary N) is 1. The number of tetrazole rings is 1. The Hall–Kier alpha value is -2.61. The van der Waals surface area contributed by atoms with Gasteiger partial charge in [0, 0.05) is 11.8 Å². The van der Waals surface area contributed by atoms with Crippen molar-refractivity contribution in [3.05, 3.63) is 58.3 Å². The van der Waals surface area contributed by atoms with Crippen LogP contribution in [-0.2, 0) is 24.2 Å². The molecule has 2 heterocycles. The van der Waals surface area contributed by atoms with Crippen LogP contribution in [-0.4, -0.2) is 31.1 Å². The van der Waals surface area contributed by atoms with E-state index < -0.39 is 6.04 Å². The lowest BCUT2D eigenvalue weighted by molar-refractivity contribution is -0.124. The van der Waals surface area contributed by atoms with Crippen molar-refractivity contribution in [1.29, 1.82) is 0 Å². The highest BCUT2D eigenvalue weighted by molar-refractivity contribution is 7.09. The summed E-state index contributed by atoms with van der Waals surface area (Å²) in [7, 11) is 0. The second kappa shape index (κ2) is 8.48. The first-order chi connectivity index (χ1) is 12.3. The summed E-state index contributed by atoms with van der Waals surface area (Å²) in [4.78, 5) is 17.2. The van der Waals surface area contributed by atoms with Gasteiger partial charge in [-0.2, -0.15) is 0 Å². The fourth-order valence-corrected chi connectivity index (χ4v) is 3.41. The third-order valence-corrected chi connectivity index (χ3v) is 4.72. The molecular weight excluding hydrogens is 336 g/mol. The summed E-state index contributed by atoms with van der Waals surface area (Å²) in [5, 5.41) is 17.3. The van der Waals surface area contributed by atoms with Gasteiger partial charge >= 0.3 is 0 Å². The largest absolute Gasteiger partial charge is 0.349 e. The molecule has 25 heavy (non-hydrogen) atoms. The van der Waals surface area contributed by atoms with Gasteiger partial charge < -0.3 is 5.32 Å². The molecule has 0 fully saturated rings. The molecule has 0 aliphatic carbocycles. The van der Waals surface area contributed by atoms with Gasteiger partial charge in [0.1, 0.15) is 12.4 Å². The SMILES string of the molecule is CCCc1nc(CNC(=O)C(Cc2ccccc2)n2cnnn2)cs1. The van der Waals surface area contributed by atoms with Crippen molar-refractivity contribution < 1.29 is 4.79 Å². The minimum absolute atomic E-state index is 0.124. The van der Waals surface area contributed by atoms with E-state index >= 15 is 0 Å². The molecule has 1 N–H and O–H groups in total. The average Bonchev–Trinajstić information content (AvgIpc) is 3.31. The third kappa shape index (κ3) is 4.69. The summed E-state index contributed by atoms with van der Waals surface area (Å²) in [5.41, 5.74) is 1.94. The second-order valence-corrected chi connectivity index (χ2v) is 6.64. The second-order valence-electron chi connectivity index (χ2n) is 5.70. The highest BCUT2D eigenvalue weighted by Crippen LogP contribution is 2.15. The maximum Gasteiger partial charge on any atom is 0.245 e. The Morgan fingerprint density at radius 3 is 2.88 bits per heavy atom. The number of carbonyl (C=O) groups is 1. The lowest BCUT2D eigenvalue weighted by atomic mass is 10.1. The molecule has 0 saturated heterocycles. The van der Waals surface area contributed by atoms with Gasteiger partial charge in [-0.05, 0) is 28.8 Å². The highest BCUT2D eigenvalue weighted by Gasteiger charge is 2.22. The predicted molar refractivity (Wildman–Crippen MR) is 95.0 cm³/mol. The number of hydrogen-bond donors (Lipinski definition) is 1. The van der Waals surface area contributed by atoms with E-state index in [0.717, 1.165) is 29.1 Å². The summed E-state index contributed by atoms with van der Waals surface area (Å²) in [6.07, 6.45) is 4.03. The van der Waals surface area contributed by atoms with Crippen molar-refractivity contribution in [3.8, 4) is 0 Å². The minimum Gasteiger partial charge on any atom is -0.349 e. The molecule has 2 aromatic heterocycles. The number of benzene rings is 1. The Labute approximate surface area is 150 Å². The molecule has 0 bridgehead atoms. The predicted octanol–water partition coefficient (Wildman–Crippen LogP) is 2.18. The van der Waals surface area contributed by atoms with Gasteiger partial charge in [0.05, 0.1) is 17.2 Å². The van der Waals surface area contributed by atoms with E-state index in [-0.39, 0.29) is 5.91 Å². The van der Waals surface area contributed by atoms with Crippen molar-refractivity contribution in [2.75, 3.05) is 0 Å². The molecule has 0 aliphatic rings. The average molecular weight is 356 g/mol. The van der Waals surface area contributed by atoms with Gasteiger partial charge in [-0.3, -0.25) is 4.79 Å². The zero-order chi connectivity index (χ0) is 17.5. The van der Waals surface area contributed by atoms with Gasteiger partial charge in [-0.25, -0.2) is 9.67 Å². The van der Waals surface area contributed by atoms with Crippen molar-refractivity contribution in [1.82, 2.24) is 30.5 Å². The molecule has 8 heteroatoms. The first-order valence-corrected chi connectivity index (χ1v) is 9.11. The molecule has 3 rings (SSSR count). The van der Waals surface area contributed by atoms with Crippen LogP contribution in [0.15, 0.2) is 42.0 Å². The number of amides is 1. The minimum atomic E-state index is -0.494. The lowest BCUT2D eigenvalue weighted by Crippen LogP contribution is -2.34. The monoisotopic (exact) mass is 356 g/mol. The van der Waals surface area contributed by atoms with Gasteiger partial charge in [0.25, 0.3) is 0 Å². The molecule has 0 spiro atoms. The van der Waals surface area contributed by atoms with Crippen LogP contribution >= 0.6 is 11.3 Å². The molecular formula is C17H20N6OS.